The lowest BCUT2D eigenvalue weighted by atomic mass is 10.0. The Balaban J connectivity index is 5.23. The summed E-state index contributed by atoms with van der Waals surface area (Å²) in [6.07, 6.45) is 63.8. The first-order valence-corrected chi connectivity index (χ1v) is 45.5. The maximum absolute atomic E-state index is 13.1. The molecule has 5 atom stereocenters. The molecule has 0 bridgehead atoms. The molecule has 0 spiro atoms. The fourth-order valence-electron chi connectivity index (χ4n) is 12.7. The molecule has 0 heterocycles. The number of rotatable bonds is 81. The molecule has 0 aromatic heterocycles. The summed E-state index contributed by atoms with van der Waals surface area (Å²) in [4.78, 5) is 73.0. The highest BCUT2D eigenvalue weighted by atomic mass is 31.2. The van der Waals surface area contributed by atoms with E-state index >= 15 is 0 Å². The van der Waals surface area contributed by atoms with Crippen LogP contribution in [0.1, 0.15) is 433 Å². The molecule has 19 heteroatoms. The molecule has 0 aromatic carbocycles. The summed E-state index contributed by atoms with van der Waals surface area (Å²) in [5.74, 6) is -0.559. The number of carbonyl (C=O) groups is 4. The van der Waals surface area contributed by atoms with E-state index < -0.39 is 97.5 Å². The van der Waals surface area contributed by atoms with Gasteiger partial charge in [-0.25, -0.2) is 9.13 Å². The van der Waals surface area contributed by atoms with E-state index in [-0.39, 0.29) is 25.7 Å². The molecule has 0 aromatic rings. The van der Waals surface area contributed by atoms with Crippen LogP contribution in [-0.2, 0) is 65.4 Å². The van der Waals surface area contributed by atoms with Crippen molar-refractivity contribution in [2.24, 2.45) is 11.8 Å². The standard InChI is InChI=1S/C82H160O17P2/c1-7-9-11-13-15-17-19-21-22-28-32-35-39-46-52-58-64-79(84)92-70-77(98-82(87)67-61-55-49-41-37-33-29-26-24-23-25-27-31-34-38-44-50-56-62-74(3)4)72-96-100(88,89)94-68-76(83)69-95-101(90,91)97-73-78(71-93-80(85)65-59-53-47-43-42-45-51-57-63-75(5)6)99-81(86)66-60-54-48-40-36-30-20-18-16-14-12-10-8-2/h74-78,83H,7-73H2,1-6H3,(H,88,89)(H,90,91)/t76-,77-,78-/m1/s1. The number of hydrogen-bond acceptors (Lipinski definition) is 15. The van der Waals surface area contributed by atoms with Gasteiger partial charge in [-0.15, -0.1) is 0 Å². The minimum Gasteiger partial charge on any atom is -0.462 e. The smallest absolute Gasteiger partial charge is 0.462 e. The van der Waals surface area contributed by atoms with E-state index in [0.29, 0.717) is 25.7 Å². The fourth-order valence-corrected chi connectivity index (χ4v) is 14.3. The number of carbonyl (C=O) groups excluding carboxylic acids is 4. The number of phosphoric ester groups is 2. The average Bonchev–Trinajstić information content (AvgIpc) is 1.06. The van der Waals surface area contributed by atoms with Crippen LogP contribution >= 0.6 is 15.6 Å². The van der Waals surface area contributed by atoms with Crippen LogP contribution in [0.25, 0.3) is 0 Å². The molecular formula is C82H160O17P2. The third-order valence-electron chi connectivity index (χ3n) is 19.2. The van der Waals surface area contributed by atoms with Crippen LogP contribution in [0.4, 0.5) is 0 Å². The Bertz CT molecular complexity index is 1940. The van der Waals surface area contributed by atoms with E-state index in [1.807, 2.05) is 0 Å². The lowest BCUT2D eigenvalue weighted by Crippen LogP contribution is -2.30. The average molecular weight is 1480 g/mol. The lowest BCUT2D eigenvalue weighted by molar-refractivity contribution is -0.161. The van der Waals surface area contributed by atoms with Crippen LogP contribution in [0.5, 0.6) is 0 Å². The molecule has 0 aliphatic heterocycles. The van der Waals surface area contributed by atoms with Crippen LogP contribution < -0.4 is 0 Å². The highest BCUT2D eigenvalue weighted by molar-refractivity contribution is 7.47. The molecule has 101 heavy (non-hydrogen) atoms. The number of ether oxygens (including phenoxy) is 4. The largest absolute Gasteiger partial charge is 0.472 e. The predicted molar refractivity (Wildman–Crippen MR) is 414 cm³/mol. The van der Waals surface area contributed by atoms with Gasteiger partial charge in [0.1, 0.15) is 19.3 Å². The van der Waals surface area contributed by atoms with Crippen LogP contribution in [-0.4, -0.2) is 96.7 Å². The lowest BCUT2D eigenvalue weighted by Gasteiger charge is -2.21. The van der Waals surface area contributed by atoms with E-state index in [9.17, 15) is 43.2 Å². The Morgan fingerprint density at radius 2 is 0.455 bits per heavy atom. The molecule has 0 rings (SSSR count). The Labute approximate surface area is 619 Å². The molecule has 0 aliphatic rings. The van der Waals surface area contributed by atoms with E-state index in [4.69, 9.17) is 37.0 Å². The number of phosphoric acid groups is 2. The van der Waals surface area contributed by atoms with Gasteiger partial charge in [0, 0.05) is 25.7 Å². The second-order valence-electron chi connectivity index (χ2n) is 30.5. The molecule has 0 saturated carbocycles. The number of aliphatic hydroxyl groups excluding tert-OH is 1. The highest BCUT2D eigenvalue weighted by Gasteiger charge is 2.30. The Hall–Kier alpha value is -1.94. The van der Waals surface area contributed by atoms with E-state index in [0.717, 1.165) is 102 Å². The van der Waals surface area contributed by atoms with E-state index in [2.05, 4.69) is 41.5 Å². The molecule has 0 saturated heterocycles. The first-order valence-electron chi connectivity index (χ1n) is 42.5. The van der Waals surface area contributed by atoms with Gasteiger partial charge in [0.05, 0.1) is 26.4 Å². The first-order chi connectivity index (χ1) is 48.9. The molecule has 0 amide bonds. The van der Waals surface area contributed by atoms with Crippen LogP contribution in [0.2, 0.25) is 0 Å². The van der Waals surface area contributed by atoms with Gasteiger partial charge in [0.25, 0.3) is 0 Å². The second-order valence-corrected chi connectivity index (χ2v) is 33.4. The topological polar surface area (TPSA) is 237 Å². The summed E-state index contributed by atoms with van der Waals surface area (Å²) in [6, 6.07) is 0. The monoisotopic (exact) mass is 1480 g/mol. The summed E-state index contributed by atoms with van der Waals surface area (Å²) < 4.78 is 68.7. The number of esters is 4. The second kappa shape index (κ2) is 73.6. The third kappa shape index (κ3) is 76.1. The summed E-state index contributed by atoms with van der Waals surface area (Å²) in [7, 11) is -9.92. The first kappa shape index (κ1) is 99.1. The molecule has 3 N–H and O–H groups in total. The summed E-state index contributed by atoms with van der Waals surface area (Å²) in [5.41, 5.74) is 0. The van der Waals surface area contributed by atoms with Crippen molar-refractivity contribution in [3.05, 3.63) is 0 Å². The van der Waals surface area contributed by atoms with Crippen molar-refractivity contribution in [3.63, 3.8) is 0 Å². The molecule has 0 aliphatic carbocycles. The predicted octanol–water partition coefficient (Wildman–Crippen LogP) is 24.7. The van der Waals surface area contributed by atoms with Gasteiger partial charge in [-0.05, 0) is 37.5 Å². The maximum atomic E-state index is 13.1. The summed E-state index contributed by atoms with van der Waals surface area (Å²) >= 11 is 0. The summed E-state index contributed by atoms with van der Waals surface area (Å²) in [6.45, 7) is 9.65. The van der Waals surface area contributed by atoms with Crippen molar-refractivity contribution in [1.29, 1.82) is 0 Å². The molecule has 600 valence electrons. The Morgan fingerprint density at radius 1 is 0.267 bits per heavy atom. The van der Waals surface area contributed by atoms with Gasteiger partial charge in [0.2, 0.25) is 0 Å². The molecule has 17 nitrogen and oxygen atoms in total. The van der Waals surface area contributed by atoms with E-state index in [1.54, 1.807) is 0 Å². The zero-order chi connectivity index (χ0) is 74.2. The van der Waals surface area contributed by atoms with E-state index in [1.165, 1.54) is 250 Å². The number of unbranched alkanes of at least 4 members (excludes halogenated alkanes) is 51. The fraction of sp³-hybridized carbons (Fsp3) is 0.951. The third-order valence-corrected chi connectivity index (χ3v) is 21.1. The van der Waals surface area contributed by atoms with Crippen molar-refractivity contribution >= 4 is 39.5 Å². The minimum atomic E-state index is -4.96. The van der Waals surface area contributed by atoms with Crippen LogP contribution in [0.15, 0.2) is 0 Å². The maximum Gasteiger partial charge on any atom is 0.472 e. The van der Waals surface area contributed by atoms with Crippen molar-refractivity contribution in [2.75, 3.05) is 39.6 Å². The normalized spacial score (nSPS) is 13.9. The Morgan fingerprint density at radius 3 is 0.673 bits per heavy atom. The van der Waals surface area contributed by atoms with Crippen molar-refractivity contribution in [1.82, 2.24) is 0 Å². The zero-order valence-electron chi connectivity index (χ0n) is 66.2. The molecule has 2 unspecified atom stereocenters. The molecule has 0 radical (unpaired) electrons. The molecular weight excluding hydrogens is 1320 g/mol. The minimum absolute atomic E-state index is 0.107. The summed E-state index contributed by atoms with van der Waals surface area (Å²) in [5, 5.41) is 10.6. The van der Waals surface area contributed by atoms with Gasteiger partial charge < -0.3 is 33.8 Å². The van der Waals surface area contributed by atoms with Gasteiger partial charge in [-0.1, -0.05) is 382 Å². The number of aliphatic hydroxyl groups is 1. The van der Waals surface area contributed by atoms with Crippen molar-refractivity contribution < 1.29 is 80.2 Å². The van der Waals surface area contributed by atoms with Crippen molar-refractivity contribution in [3.8, 4) is 0 Å². The Kier molecular flexibility index (Phi) is 72.2. The van der Waals surface area contributed by atoms with Gasteiger partial charge in [-0.3, -0.25) is 37.3 Å². The van der Waals surface area contributed by atoms with Crippen molar-refractivity contribution in [2.45, 2.75) is 452 Å². The quantitative estimate of drug-likeness (QED) is 0.0222. The van der Waals surface area contributed by atoms with Gasteiger partial charge in [0.15, 0.2) is 12.2 Å². The van der Waals surface area contributed by atoms with Crippen LogP contribution in [0, 0.1) is 11.8 Å². The highest BCUT2D eigenvalue weighted by Crippen LogP contribution is 2.45. The number of hydrogen-bond donors (Lipinski definition) is 3. The van der Waals surface area contributed by atoms with Gasteiger partial charge >= 0.3 is 39.5 Å². The van der Waals surface area contributed by atoms with Crippen LogP contribution in [0.3, 0.4) is 0 Å². The van der Waals surface area contributed by atoms with Gasteiger partial charge in [-0.2, -0.15) is 0 Å². The zero-order valence-corrected chi connectivity index (χ0v) is 68.0. The molecule has 0 fully saturated rings. The SMILES string of the molecule is CCCCCCCCCCCCCCCCCCC(=O)OC[C@H](COP(=O)(O)OC[C@@H](O)COP(=O)(O)OC[C@@H](COC(=O)CCCCCCCCCCC(C)C)OC(=O)CCCCCCCCCCCCCCC)OC(=O)CCCCCCCCCCCCCCCCCCCCC(C)C.